The van der Waals surface area contributed by atoms with E-state index < -0.39 is 6.10 Å². The molecule has 4 aromatic rings. The molecule has 44 heavy (non-hydrogen) atoms. The van der Waals surface area contributed by atoms with E-state index in [0.29, 0.717) is 18.9 Å². The number of hydrogen-bond acceptors (Lipinski definition) is 8. The van der Waals surface area contributed by atoms with Crippen molar-refractivity contribution in [1.29, 1.82) is 0 Å². The Morgan fingerprint density at radius 1 is 0.932 bits per heavy atom. The Kier molecular flexibility index (Phi) is 7.40. The molecule has 8 nitrogen and oxygen atoms in total. The van der Waals surface area contributed by atoms with Crippen molar-refractivity contribution in [3.8, 4) is 39.9 Å². The van der Waals surface area contributed by atoms with Gasteiger partial charge in [-0.15, -0.1) is 0 Å². The number of benzene rings is 4. The van der Waals surface area contributed by atoms with Crippen molar-refractivity contribution < 1.29 is 29.2 Å². The van der Waals surface area contributed by atoms with E-state index in [4.69, 9.17) is 18.9 Å². The number of phenolic OH excluding ortho intramolecular Hbond substituents is 2. The second kappa shape index (κ2) is 11.5. The summed E-state index contributed by atoms with van der Waals surface area (Å²) in [6, 6.07) is 19.4. The average molecular weight is 593 g/mol. The molecule has 3 unspecified atom stereocenters. The Bertz CT molecular complexity index is 1870. The molecular weight excluding hydrogens is 556 g/mol. The van der Waals surface area contributed by atoms with Gasteiger partial charge in [-0.25, -0.2) is 0 Å². The van der Waals surface area contributed by atoms with Gasteiger partial charge in [0.15, 0.2) is 17.6 Å². The van der Waals surface area contributed by atoms with Crippen molar-refractivity contribution in [1.82, 2.24) is 5.32 Å². The Labute approximate surface area is 256 Å². The summed E-state index contributed by atoms with van der Waals surface area (Å²) in [6.07, 6.45) is 3.66. The summed E-state index contributed by atoms with van der Waals surface area (Å²) in [5.74, 6) is 2.33. The van der Waals surface area contributed by atoms with Crippen LogP contribution in [-0.2, 0) is 24.0 Å². The third kappa shape index (κ3) is 4.94. The molecule has 0 radical (unpaired) electrons. The number of ether oxygens (including phenoxy) is 4. The second-order valence-electron chi connectivity index (χ2n) is 11.6. The van der Waals surface area contributed by atoms with E-state index >= 15 is 0 Å². The standard InChI is InChI=1S/C36H36N2O6/c1-37-19-43-34-17-27-28-14-23(13-20-4-8-29-21(12-20)10-11-38-29)26-16-24(39)6-7-25(26)35(28)33(42-3)18-31(27)44-36(34)22-5-9-30(40)32(15-22)41-2/h4-10,12,15-16,18,23,34,36-37,39-40H,11,13-14,17,19H2,1-3H3. The lowest BCUT2D eigenvalue weighted by Gasteiger charge is -2.38. The summed E-state index contributed by atoms with van der Waals surface area (Å²) in [5, 5.41) is 26.1. The molecule has 7 rings (SSSR count). The molecule has 3 aliphatic rings. The minimum Gasteiger partial charge on any atom is -0.508 e. The van der Waals surface area contributed by atoms with E-state index in [-0.39, 0.29) is 23.5 Å². The molecule has 0 saturated heterocycles. The van der Waals surface area contributed by atoms with Gasteiger partial charge in [0.1, 0.15) is 23.4 Å². The van der Waals surface area contributed by atoms with Crippen LogP contribution < -0.4 is 30.1 Å². The normalized spacial score (nSPS) is 19.4. The highest BCUT2D eigenvalue weighted by molar-refractivity contribution is 5.83. The third-order valence-corrected chi connectivity index (χ3v) is 9.00. The zero-order valence-electron chi connectivity index (χ0n) is 25.1. The number of hydrogen-bond donors (Lipinski definition) is 3. The molecular formula is C36H36N2O6. The van der Waals surface area contributed by atoms with Crippen LogP contribution in [-0.4, -0.2) is 50.9 Å². The van der Waals surface area contributed by atoms with Gasteiger partial charge in [0.05, 0.1) is 32.9 Å². The van der Waals surface area contributed by atoms with Gasteiger partial charge in [0, 0.05) is 23.6 Å². The molecule has 0 bridgehead atoms. The van der Waals surface area contributed by atoms with Crippen LogP contribution in [0.4, 0.5) is 0 Å². The van der Waals surface area contributed by atoms with E-state index in [0.717, 1.165) is 64.1 Å². The Morgan fingerprint density at radius 2 is 1.80 bits per heavy atom. The predicted octanol–water partition coefficient (Wildman–Crippen LogP) is 4.32. The highest BCUT2D eigenvalue weighted by Crippen LogP contribution is 2.52. The van der Waals surface area contributed by atoms with E-state index in [1.54, 1.807) is 25.3 Å². The van der Waals surface area contributed by atoms with Crippen molar-refractivity contribution in [3.05, 3.63) is 99.1 Å². The van der Waals surface area contributed by atoms with Gasteiger partial charge in [0.25, 0.3) is 0 Å². The largest absolute Gasteiger partial charge is 0.508 e. The predicted molar refractivity (Wildman–Crippen MR) is 167 cm³/mol. The van der Waals surface area contributed by atoms with Crippen LogP contribution in [0.15, 0.2) is 65.7 Å². The van der Waals surface area contributed by atoms with Gasteiger partial charge in [-0.3, -0.25) is 10.3 Å². The lowest BCUT2D eigenvalue weighted by molar-refractivity contribution is -0.0428. The zero-order chi connectivity index (χ0) is 30.4. The van der Waals surface area contributed by atoms with Crippen LogP contribution in [0, 0.1) is 0 Å². The molecule has 0 fully saturated rings. The third-order valence-electron chi connectivity index (χ3n) is 9.00. The zero-order valence-corrected chi connectivity index (χ0v) is 25.1. The van der Waals surface area contributed by atoms with E-state index in [2.05, 4.69) is 34.6 Å². The molecule has 0 spiro atoms. The number of fused-ring (bicyclic) bond motifs is 6. The van der Waals surface area contributed by atoms with E-state index in [1.165, 1.54) is 23.5 Å². The number of rotatable bonds is 8. The minimum absolute atomic E-state index is 0.0716. The number of nitrogens with one attached hydrogen (secondary N) is 1. The van der Waals surface area contributed by atoms with Crippen molar-refractivity contribution in [2.24, 2.45) is 4.99 Å². The molecule has 2 aliphatic heterocycles. The summed E-state index contributed by atoms with van der Waals surface area (Å²) < 4.78 is 24.5. The fourth-order valence-electron chi connectivity index (χ4n) is 6.97. The van der Waals surface area contributed by atoms with Gasteiger partial charge >= 0.3 is 0 Å². The van der Waals surface area contributed by atoms with Crippen molar-refractivity contribution in [2.75, 3.05) is 34.5 Å². The first-order chi connectivity index (χ1) is 21.5. The first-order valence-electron chi connectivity index (χ1n) is 15.0. The minimum atomic E-state index is -0.426. The van der Waals surface area contributed by atoms with Crippen molar-refractivity contribution in [2.45, 2.75) is 37.4 Å². The van der Waals surface area contributed by atoms with Gasteiger partial charge in [-0.05, 0) is 95.2 Å². The van der Waals surface area contributed by atoms with Crippen molar-refractivity contribution in [3.63, 3.8) is 0 Å². The first kappa shape index (κ1) is 28.3. The van der Waals surface area contributed by atoms with Crippen LogP contribution in [0.25, 0.3) is 17.2 Å². The fraction of sp³-hybridized carbons (Fsp3) is 0.306. The van der Waals surface area contributed by atoms with Crippen LogP contribution in [0.3, 0.4) is 0 Å². The number of methoxy groups -OCH3 is 2. The SMILES string of the molecule is CNCOC1Cc2c(cc(OC)c3c2CC(Cc2ccc4c(c2)=CCN=4)c2cc(O)ccc2-3)OC1c1ccc(O)c(OC)c1. The van der Waals surface area contributed by atoms with Crippen LogP contribution in [0.1, 0.15) is 39.8 Å². The fourth-order valence-corrected chi connectivity index (χ4v) is 6.97. The maximum absolute atomic E-state index is 10.6. The maximum Gasteiger partial charge on any atom is 0.160 e. The lowest BCUT2D eigenvalue weighted by atomic mass is 9.73. The molecule has 2 heterocycles. The molecule has 8 heteroatoms. The Morgan fingerprint density at radius 3 is 2.61 bits per heavy atom. The molecule has 4 aromatic carbocycles. The highest BCUT2D eigenvalue weighted by Gasteiger charge is 2.38. The smallest absolute Gasteiger partial charge is 0.160 e. The quantitative estimate of drug-likeness (QED) is 0.262. The molecule has 0 aromatic heterocycles. The highest BCUT2D eigenvalue weighted by atomic mass is 16.6. The maximum atomic E-state index is 10.6. The van der Waals surface area contributed by atoms with E-state index in [9.17, 15) is 10.2 Å². The Balaban J connectivity index is 1.34. The molecule has 1 aliphatic carbocycles. The van der Waals surface area contributed by atoms with Gasteiger partial charge in [0.2, 0.25) is 0 Å². The molecule has 226 valence electrons. The van der Waals surface area contributed by atoms with E-state index in [1.807, 2.05) is 31.3 Å². The summed E-state index contributed by atoms with van der Waals surface area (Å²) in [4.78, 5) is 4.55. The monoisotopic (exact) mass is 592 g/mol. The molecule has 3 atom stereocenters. The second-order valence-corrected chi connectivity index (χ2v) is 11.6. The molecule has 3 N–H and O–H groups in total. The van der Waals surface area contributed by atoms with Gasteiger partial charge in [-0.1, -0.05) is 24.3 Å². The Hall–Kier alpha value is -4.53. The van der Waals surface area contributed by atoms with Crippen LogP contribution in [0.2, 0.25) is 0 Å². The summed E-state index contributed by atoms with van der Waals surface area (Å²) in [7, 11) is 5.07. The molecule has 0 saturated carbocycles. The van der Waals surface area contributed by atoms with Crippen LogP contribution in [0.5, 0.6) is 28.7 Å². The number of nitrogens with zero attached hydrogens (tertiary/aromatic N) is 1. The number of aromatic hydroxyl groups is 2. The summed E-state index contributed by atoms with van der Waals surface area (Å²) >= 11 is 0. The topological polar surface area (TPSA) is 102 Å². The summed E-state index contributed by atoms with van der Waals surface area (Å²) in [5.41, 5.74) is 7.60. The van der Waals surface area contributed by atoms with Crippen molar-refractivity contribution >= 4 is 6.08 Å². The summed E-state index contributed by atoms with van der Waals surface area (Å²) in [6.45, 7) is 1.09. The number of phenols is 2. The molecule has 0 amide bonds. The lowest BCUT2D eigenvalue weighted by Crippen LogP contribution is -2.36. The van der Waals surface area contributed by atoms with Gasteiger partial charge < -0.3 is 29.2 Å². The van der Waals surface area contributed by atoms with Gasteiger partial charge in [-0.2, -0.15) is 0 Å². The first-order valence-corrected chi connectivity index (χ1v) is 15.0. The van der Waals surface area contributed by atoms with Crippen LogP contribution >= 0.6 is 0 Å². The average Bonchev–Trinajstić information content (AvgIpc) is 3.51.